The number of nitrogens with two attached hydrogens (primary N) is 1. The van der Waals surface area contributed by atoms with Crippen LogP contribution in [0, 0.1) is 0 Å². The second kappa shape index (κ2) is 5.55. The molecule has 2 heterocycles. The molecule has 0 radical (unpaired) electrons. The van der Waals surface area contributed by atoms with Crippen LogP contribution >= 0.6 is 0 Å². The van der Waals surface area contributed by atoms with Crippen molar-refractivity contribution >= 4 is 5.95 Å². The van der Waals surface area contributed by atoms with Crippen molar-refractivity contribution in [1.82, 2.24) is 15.0 Å². The molecular formula is C13H17N5. The number of aromatic nitrogens is 3. The second-order valence-electron chi connectivity index (χ2n) is 4.37. The molecule has 2 aromatic heterocycles. The molecule has 0 fully saturated rings. The van der Waals surface area contributed by atoms with E-state index in [-0.39, 0.29) is 6.04 Å². The SMILES string of the molecule is CC(N)CN(C)c1ncc(-c2ccncc2)cn1. The molecule has 18 heavy (non-hydrogen) atoms. The first-order valence-corrected chi connectivity index (χ1v) is 5.86. The average molecular weight is 243 g/mol. The first kappa shape index (κ1) is 12.4. The number of nitrogens with zero attached hydrogens (tertiary/aromatic N) is 4. The van der Waals surface area contributed by atoms with Crippen LogP contribution in [0.5, 0.6) is 0 Å². The first-order valence-electron chi connectivity index (χ1n) is 5.86. The van der Waals surface area contributed by atoms with Crippen molar-refractivity contribution in [3.8, 4) is 11.1 Å². The van der Waals surface area contributed by atoms with E-state index < -0.39 is 0 Å². The van der Waals surface area contributed by atoms with E-state index in [1.165, 1.54) is 0 Å². The van der Waals surface area contributed by atoms with Crippen molar-refractivity contribution in [2.45, 2.75) is 13.0 Å². The molecule has 1 unspecified atom stereocenters. The zero-order chi connectivity index (χ0) is 13.0. The van der Waals surface area contributed by atoms with Crippen LogP contribution in [-0.2, 0) is 0 Å². The van der Waals surface area contributed by atoms with Gasteiger partial charge in [0.05, 0.1) is 0 Å². The summed E-state index contributed by atoms with van der Waals surface area (Å²) in [5.41, 5.74) is 7.79. The molecule has 0 aliphatic rings. The zero-order valence-corrected chi connectivity index (χ0v) is 10.6. The number of hydrogen-bond donors (Lipinski definition) is 1. The van der Waals surface area contributed by atoms with E-state index >= 15 is 0 Å². The Hall–Kier alpha value is -2.01. The smallest absolute Gasteiger partial charge is 0.225 e. The Balaban J connectivity index is 2.15. The summed E-state index contributed by atoms with van der Waals surface area (Å²) < 4.78 is 0. The van der Waals surface area contributed by atoms with E-state index in [1.54, 1.807) is 12.4 Å². The van der Waals surface area contributed by atoms with Gasteiger partial charge in [0.2, 0.25) is 5.95 Å². The molecule has 0 amide bonds. The van der Waals surface area contributed by atoms with Gasteiger partial charge in [-0.05, 0) is 24.6 Å². The average Bonchev–Trinajstić information content (AvgIpc) is 2.39. The van der Waals surface area contributed by atoms with Crippen LogP contribution in [0.1, 0.15) is 6.92 Å². The molecule has 2 aromatic rings. The van der Waals surface area contributed by atoms with Gasteiger partial charge in [-0.3, -0.25) is 4.98 Å². The fourth-order valence-corrected chi connectivity index (χ4v) is 1.73. The van der Waals surface area contributed by atoms with Gasteiger partial charge in [0.25, 0.3) is 0 Å². The highest BCUT2D eigenvalue weighted by Crippen LogP contribution is 2.17. The van der Waals surface area contributed by atoms with Crippen molar-refractivity contribution in [2.24, 2.45) is 5.73 Å². The largest absolute Gasteiger partial charge is 0.342 e. The molecule has 5 nitrogen and oxygen atoms in total. The maximum Gasteiger partial charge on any atom is 0.225 e. The van der Waals surface area contributed by atoms with Crippen LogP contribution < -0.4 is 10.6 Å². The molecule has 1 atom stereocenters. The van der Waals surface area contributed by atoms with Crippen LogP contribution in [0.3, 0.4) is 0 Å². The van der Waals surface area contributed by atoms with E-state index in [0.29, 0.717) is 5.95 Å². The Morgan fingerprint density at radius 3 is 2.33 bits per heavy atom. The standard InChI is InChI=1S/C13H17N5/c1-10(14)9-18(2)13-16-7-12(8-17-13)11-3-5-15-6-4-11/h3-8,10H,9,14H2,1-2H3. The molecule has 94 valence electrons. The predicted molar refractivity (Wildman–Crippen MR) is 72.2 cm³/mol. The van der Waals surface area contributed by atoms with E-state index in [4.69, 9.17) is 5.73 Å². The maximum atomic E-state index is 5.75. The van der Waals surface area contributed by atoms with Crippen molar-refractivity contribution in [1.29, 1.82) is 0 Å². The van der Waals surface area contributed by atoms with Crippen molar-refractivity contribution in [3.05, 3.63) is 36.9 Å². The topological polar surface area (TPSA) is 67.9 Å². The summed E-state index contributed by atoms with van der Waals surface area (Å²) in [6, 6.07) is 3.96. The summed E-state index contributed by atoms with van der Waals surface area (Å²) >= 11 is 0. The van der Waals surface area contributed by atoms with Crippen molar-refractivity contribution in [2.75, 3.05) is 18.5 Å². The van der Waals surface area contributed by atoms with Gasteiger partial charge in [-0.1, -0.05) is 0 Å². The summed E-state index contributed by atoms with van der Waals surface area (Å²) in [4.78, 5) is 14.6. The fourth-order valence-electron chi connectivity index (χ4n) is 1.73. The Kier molecular flexibility index (Phi) is 3.84. The molecule has 0 saturated heterocycles. The Bertz CT molecular complexity index is 480. The Labute approximate surface area is 107 Å². The Morgan fingerprint density at radius 1 is 1.17 bits per heavy atom. The lowest BCUT2D eigenvalue weighted by Crippen LogP contribution is -2.33. The quantitative estimate of drug-likeness (QED) is 0.877. The summed E-state index contributed by atoms with van der Waals surface area (Å²) in [5, 5.41) is 0. The summed E-state index contributed by atoms with van der Waals surface area (Å²) in [6.45, 7) is 2.69. The van der Waals surface area contributed by atoms with Crippen molar-refractivity contribution < 1.29 is 0 Å². The van der Waals surface area contributed by atoms with Gasteiger partial charge >= 0.3 is 0 Å². The van der Waals surface area contributed by atoms with Crippen LogP contribution in [-0.4, -0.2) is 34.6 Å². The number of hydrogen-bond acceptors (Lipinski definition) is 5. The normalized spacial score (nSPS) is 12.2. The highest BCUT2D eigenvalue weighted by atomic mass is 15.2. The predicted octanol–water partition coefficient (Wildman–Crippen LogP) is 1.32. The summed E-state index contributed by atoms with van der Waals surface area (Å²) in [5.74, 6) is 0.685. The second-order valence-corrected chi connectivity index (χ2v) is 4.37. The van der Waals surface area contributed by atoms with Gasteiger partial charge in [0.1, 0.15) is 0 Å². The third kappa shape index (κ3) is 3.01. The summed E-state index contributed by atoms with van der Waals surface area (Å²) in [6.07, 6.45) is 7.14. The van der Waals surface area contributed by atoms with E-state index in [9.17, 15) is 0 Å². The maximum absolute atomic E-state index is 5.75. The number of likely N-dealkylation sites (N-methyl/N-ethyl adjacent to an activating group) is 1. The van der Waals surface area contributed by atoms with E-state index in [0.717, 1.165) is 17.7 Å². The molecular weight excluding hydrogens is 226 g/mol. The molecule has 0 aliphatic heterocycles. The fraction of sp³-hybridized carbons (Fsp3) is 0.308. The minimum atomic E-state index is 0.0958. The monoisotopic (exact) mass is 243 g/mol. The third-order valence-corrected chi connectivity index (χ3v) is 2.56. The molecule has 0 spiro atoms. The first-order chi connectivity index (χ1) is 8.66. The van der Waals surface area contributed by atoms with Gasteiger partial charge in [-0.25, -0.2) is 9.97 Å². The molecule has 0 aliphatic carbocycles. The number of pyridine rings is 1. The van der Waals surface area contributed by atoms with Crippen molar-refractivity contribution in [3.63, 3.8) is 0 Å². The van der Waals surface area contributed by atoms with E-state index in [2.05, 4.69) is 15.0 Å². The molecule has 0 bridgehead atoms. The molecule has 2 N–H and O–H groups in total. The van der Waals surface area contributed by atoms with Gasteiger partial charge in [0, 0.05) is 50.0 Å². The Morgan fingerprint density at radius 2 is 1.78 bits per heavy atom. The number of rotatable bonds is 4. The molecule has 0 saturated carbocycles. The van der Waals surface area contributed by atoms with Crippen LogP contribution in [0.2, 0.25) is 0 Å². The molecule has 2 rings (SSSR count). The minimum Gasteiger partial charge on any atom is -0.342 e. The lowest BCUT2D eigenvalue weighted by Gasteiger charge is -2.18. The van der Waals surface area contributed by atoms with E-state index in [1.807, 2.05) is 43.4 Å². The number of anilines is 1. The molecule has 5 heteroatoms. The van der Waals surface area contributed by atoms with Gasteiger partial charge in [-0.2, -0.15) is 0 Å². The van der Waals surface area contributed by atoms with Crippen LogP contribution in [0.4, 0.5) is 5.95 Å². The van der Waals surface area contributed by atoms with Gasteiger partial charge in [0.15, 0.2) is 0 Å². The minimum absolute atomic E-state index is 0.0958. The van der Waals surface area contributed by atoms with Crippen LogP contribution in [0.25, 0.3) is 11.1 Å². The lowest BCUT2D eigenvalue weighted by molar-refractivity contribution is 0.704. The lowest BCUT2D eigenvalue weighted by atomic mass is 10.1. The van der Waals surface area contributed by atoms with Crippen LogP contribution in [0.15, 0.2) is 36.9 Å². The third-order valence-electron chi connectivity index (χ3n) is 2.56. The molecule has 0 aromatic carbocycles. The highest BCUT2D eigenvalue weighted by molar-refractivity contribution is 5.61. The van der Waals surface area contributed by atoms with Gasteiger partial charge < -0.3 is 10.6 Å². The zero-order valence-electron chi connectivity index (χ0n) is 10.6. The highest BCUT2D eigenvalue weighted by Gasteiger charge is 2.06. The summed E-state index contributed by atoms with van der Waals surface area (Å²) in [7, 11) is 1.94. The van der Waals surface area contributed by atoms with Gasteiger partial charge in [-0.15, -0.1) is 0 Å².